The fourth-order valence-corrected chi connectivity index (χ4v) is 6.98. The fraction of sp³-hybridized carbons (Fsp3) is 0.762. The van der Waals surface area contributed by atoms with Gasteiger partial charge in [0.05, 0.1) is 6.61 Å². The highest BCUT2D eigenvalue weighted by Gasteiger charge is 2.51. The van der Waals surface area contributed by atoms with Gasteiger partial charge in [0, 0.05) is 12.8 Å². The van der Waals surface area contributed by atoms with Gasteiger partial charge in [0.2, 0.25) is 0 Å². The maximum atomic E-state index is 12.8. The third kappa shape index (κ3) is 25.2. The van der Waals surface area contributed by atoms with E-state index < -0.39 is 75.7 Å². The molecule has 0 aromatic heterocycles. The third-order valence-electron chi connectivity index (χ3n) is 9.39. The van der Waals surface area contributed by atoms with Crippen molar-refractivity contribution in [2.45, 2.75) is 191 Å². The molecule has 13 nitrogen and oxygen atoms in total. The number of aliphatic hydroxyl groups excluding tert-OH is 5. The van der Waals surface area contributed by atoms with Crippen LogP contribution in [0.5, 0.6) is 0 Å². The topological polar surface area (TPSA) is 210 Å². The Hall–Kier alpha value is -2.19. The molecule has 0 radical (unpaired) electrons. The molecule has 324 valence electrons. The molecule has 6 unspecified atom stereocenters. The molecule has 0 heterocycles. The summed E-state index contributed by atoms with van der Waals surface area (Å²) in [5.41, 5.74) is 0. The number of hydrogen-bond donors (Lipinski definition) is 6. The standard InChI is InChI=1S/C42H73O13P/c1-3-5-7-9-11-13-15-16-17-18-19-20-21-23-25-27-29-31-36(44)54-34(32-52-35(43)30-28-26-24-22-14-12-10-8-6-4-2)33-53-56(50,51)55-42-40(48)38(46)37(45)39(47)41(42)49/h5,7-8,10-11,13,16-17,34,37-42,45-49H,3-4,6,9,12,14-15,18-33H2,1-2H3,(H,50,51)/b7-5-,10-8-,13-11-,17-16-. The average Bonchev–Trinajstić information content (AvgIpc) is 3.18. The van der Waals surface area contributed by atoms with Crippen molar-refractivity contribution in [3.8, 4) is 0 Å². The Labute approximate surface area is 335 Å². The second-order valence-electron chi connectivity index (χ2n) is 14.5. The summed E-state index contributed by atoms with van der Waals surface area (Å²) in [6.07, 6.45) is 23.3. The number of phosphoric acid groups is 1. The smallest absolute Gasteiger partial charge is 0.462 e. The van der Waals surface area contributed by atoms with Gasteiger partial charge in [-0.25, -0.2) is 4.57 Å². The Morgan fingerprint density at radius 2 is 1.02 bits per heavy atom. The highest BCUT2D eigenvalue weighted by atomic mass is 31.2. The molecule has 0 bridgehead atoms. The summed E-state index contributed by atoms with van der Waals surface area (Å²) in [6, 6.07) is 0. The second kappa shape index (κ2) is 32.7. The first-order valence-corrected chi connectivity index (χ1v) is 22.4. The molecule has 0 aliphatic heterocycles. The molecular formula is C42H73O13P. The predicted octanol–water partition coefficient (Wildman–Crippen LogP) is 7.22. The van der Waals surface area contributed by atoms with Gasteiger partial charge in [0.1, 0.15) is 43.2 Å². The predicted molar refractivity (Wildman–Crippen MR) is 216 cm³/mol. The van der Waals surface area contributed by atoms with Gasteiger partial charge >= 0.3 is 19.8 Å². The van der Waals surface area contributed by atoms with Crippen molar-refractivity contribution in [1.82, 2.24) is 0 Å². The van der Waals surface area contributed by atoms with Gasteiger partial charge in [-0.05, 0) is 64.2 Å². The third-order valence-corrected chi connectivity index (χ3v) is 10.4. The van der Waals surface area contributed by atoms with E-state index in [1.165, 1.54) is 0 Å². The monoisotopic (exact) mass is 816 g/mol. The van der Waals surface area contributed by atoms with Crippen LogP contribution in [-0.2, 0) is 32.7 Å². The summed E-state index contributed by atoms with van der Waals surface area (Å²) in [6.45, 7) is 3.08. The van der Waals surface area contributed by atoms with E-state index in [0.29, 0.717) is 12.8 Å². The van der Waals surface area contributed by atoms with Crippen LogP contribution in [0.3, 0.4) is 0 Å². The van der Waals surface area contributed by atoms with Crippen LogP contribution >= 0.6 is 7.82 Å². The number of carbonyl (C=O) groups is 2. The van der Waals surface area contributed by atoms with Gasteiger partial charge in [-0.1, -0.05) is 120 Å². The molecule has 14 heteroatoms. The Morgan fingerprint density at radius 1 is 0.571 bits per heavy atom. The minimum atomic E-state index is -5.12. The first kappa shape index (κ1) is 51.8. The van der Waals surface area contributed by atoms with Crippen LogP contribution in [0.15, 0.2) is 48.6 Å². The lowest BCUT2D eigenvalue weighted by molar-refractivity contribution is -0.220. The van der Waals surface area contributed by atoms with Gasteiger partial charge < -0.3 is 39.9 Å². The number of aliphatic hydroxyl groups is 5. The first-order valence-electron chi connectivity index (χ1n) is 20.9. The molecule has 1 fully saturated rings. The minimum absolute atomic E-state index is 0.0822. The molecule has 0 amide bonds. The number of carbonyl (C=O) groups excluding carboxylic acids is 2. The molecule has 6 N–H and O–H groups in total. The summed E-state index contributed by atoms with van der Waals surface area (Å²) in [5.74, 6) is -1.13. The van der Waals surface area contributed by atoms with Crippen molar-refractivity contribution >= 4 is 19.8 Å². The fourth-order valence-electron chi connectivity index (χ4n) is 6.01. The molecule has 1 aliphatic rings. The van der Waals surface area contributed by atoms with Gasteiger partial charge in [0.15, 0.2) is 6.10 Å². The number of hydrogen-bond acceptors (Lipinski definition) is 12. The van der Waals surface area contributed by atoms with Gasteiger partial charge in [-0.15, -0.1) is 0 Å². The van der Waals surface area contributed by atoms with Crippen molar-refractivity contribution < 1.29 is 63.1 Å². The lowest BCUT2D eigenvalue weighted by Gasteiger charge is -2.41. The summed E-state index contributed by atoms with van der Waals surface area (Å²) in [5, 5.41) is 50.0. The lowest BCUT2D eigenvalue weighted by atomic mass is 9.85. The molecule has 1 saturated carbocycles. The lowest BCUT2D eigenvalue weighted by Crippen LogP contribution is -2.64. The van der Waals surface area contributed by atoms with Crippen LogP contribution in [0, 0.1) is 0 Å². The van der Waals surface area contributed by atoms with E-state index in [1.54, 1.807) is 0 Å². The van der Waals surface area contributed by atoms with E-state index in [2.05, 4.69) is 62.5 Å². The quantitative estimate of drug-likeness (QED) is 0.0168. The summed E-state index contributed by atoms with van der Waals surface area (Å²) < 4.78 is 33.4. The highest BCUT2D eigenvalue weighted by Crippen LogP contribution is 2.47. The Bertz CT molecular complexity index is 1170. The molecule has 0 aromatic carbocycles. The Kier molecular flexibility index (Phi) is 30.3. The molecule has 56 heavy (non-hydrogen) atoms. The van der Waals surface area contributed by atoms with Crippen molar-refractivity contribution in [3.05, 3.63) is 48.6 Å². The largest absolute Gasteiger partial charge is 0.472 e. The molecule has 0 saturated heterocycles. The Balaban J connectivity index is 2.50. The van der Waals surface area contributed by atoms with E-state index in [4.69, 9.17) is 18.5 Å². The zero-order chi connectivity index (χ0) is 41.4. The Morgan fingerprint density at radius 3 is 1.57 bits per heavy atom. The van der Waals surface area contributed by atoms with Gasteiger partial charge in [0.25, 0.3) is 0 Å². The summed E-state index contributed by atoms with van der Waals surface area (Å²) in [4.78, 5) is 35.5. The number of ether oxygens (including phenoxy) is 2. The van der Waals surface area contributed by atoms with E-state index in [1.807, 2.05) is 0 Å². The van der Waals surface area contributed by atoms with Crippen LogP contribution < -0.4 is 0 Å². The number of rotatable bonds is 33. The highest BCUT2D eigenvalue weighted by molar-refractivity contribution is 7.47. The van der Waals surface area contributed by atoms with Crippen LogP contribution in [0.2, 0.25) is 0 Å². The van der Waals surface area contributed by atoms with Crippen molar-refractivity contribution in [1.29, 1.82) is 0 Å². The van der Waals surface area contributed by atoms with E-state index >= 15 is 0 Å². The first-order chi connectivity index (χ1) is 26.9. The summed E-state index contributed by atoms with van der Waals surface area (Å²) in [7, 11) is -5.12. The SMILES string of the molecule is CC/C=C\C/C=C\C/C=C\CCCCCCCCCC(=O)OC(COC(=O)CCCCCCC/C=C\CCC)COP(=O)(O)OC1C(O)C(O)C(O)C(O)C1O. The van der Waals surface area contributed by atoms with E-state index in [9.17, 15) is 44.6 Å². The molecule has 1 aliphatic carbocycles. The number of esters is 2. The van der Waals surface area contributed by atoms with Crippen molar-refractivity contribution in [2.24, 2.45) is 0 Å². The maximum Gasteiger partial charge on any atom is 0.472 e. The zero-order valence-corrected chi connectivity index (χ0v) is 34.8. The molecule has 0 aromatic rings. The van der Waals surface area contributed by atoms with Gasteiger partial charge in [-0.2, -0.15) is 0 Å². The van der Waals surface area contributed by atoms with Crippen LogP contribution in [0.1, 0.15) is 149 Å². The van der Waals surface area contributed by atoms with Crippen molar-refractivity contribution in [2.75, 3.05) is 13.2 Å². The van der Waals surface area contributed by atoms with Gasteiger partial charge in [-0.3, -0.25) is 18.6 Å². The van der Waals surface area contributed by atoms with Crippen molar-refractivity contribution in [3.63, 3.8) is 0 Å². The van der Waals surface area contributed by atoms with Crippen LogP contribution in [0.4, 0.5) is 0 Å². The second-order valence-corrected chi connectivity index (χ2v) is 15.9. The summed E-state index contributed by atoms with van der Waals surface area (Å²) >= 11 is 0. The maximum absolute atomic E-state index is 12.8. The molecule has 6 atom stereocenters. The van der Waals surface area contributed by atoms with E-state index in [-0.39, 0.29) is 12.8 Å². The van der Waals surface area contributed by atoms with Crippen LogP contribution in [-0.4, -0.2) is 98.3 Å². The zero-order valence-electron chi connectivity index (χ0n) is 33.9. The molecule has 0 spiro atoms. The molecule has 1 rings (SSSR count). The average molecular weight is 817 g/mol. The van der Waals surface area contributed by atoms with Crippen LogP contribution in [0.25, 0.3) is 0 Å². The normalized spacial score (nSPS) is 23.4. The minimum Gasteiger partial charge on any atom is -0.462 e. The molecular weight excluding hydrogens is 743 g/mol. The number of phosphoric ester groups is 1. The number of unbranched alkanes of at least 4 members (excludes halogenated alkanes) is 13. The van der Waals surface area contributed by atoms with E-state index in [0.717, 1.165) is 109 Å². The number of allylic oxidation sites excluding steroid dienone is 8.